The number of hydrogen-bond acceptors (Lipinski definition) is 4. The van der Waals surface area contributed by atoms with Gasteiger partial charge in [-0.3, -0.25) is 4.79 Å². The molecule has 5 nitrogen and oxygen atoms in total. The van der Waals surface area contributed by atoms with Crippen molar-refractivity contribution in [1.82, 2.24) is 5.32 Å². The molecule has 2 unspecified atom stereocenters. The van der Waals surface area contributed by atoms with Crippen LogP contribution in [-0.2, 0) is 16.1 Å². The summed E-state index contributed by atoms with van der Waals surface area (Å²) in [4.78, 5) is 11.9. The summed E-state index contributed by atoms with van der Waals surface area (Å²) in [6.45, 7) is 5.57. The molecule has 2 atom stereocenters. The molecule has 1 amide bonds. The van der Waals surface area contributed by atoms with Gasteiger partial charge in [0.25, 0.3) is 0 Å². The number of methoxy groups -OCH3 is 1. The van der Waals surface area contributed by atoms with Gasteiger partial charge in [-0.05, 0) is 23.6 Å². The lowest BCUT2D eigenvalue weighted by Crippen LogP contribution is -2.44. The van der Waals surface area contributed by atoms with Crippen LogP contribution in [0.3, 0.4) is 0 Å². The van der Waals surface area contributed by atoms with Crippen molar-refractivity contribution in [3.05, 3.63) is 29.8 Å². The van der Waals surface area contributed by atoms with E-state index in [1.165, 1.54) is 0 Å². The fourth-order valence-corrected chi connectivity index (χ4v) is 1.77. The highest BCUT2D eigenvalue weighted by molar-refractivity contribution is 5.81. The number of nitrogens with one attached hydrogen (secondary N) is 1. The Hall–Kier alpha value is -1.59. The highest BCUT2D eigenvalue weighted by atomic mass is 16.5. The third-order valence-corrected chi connectivity index (χ3v) is 3.51. The summed E-state index contributed by atoms with van der Waals surface area (Å²) in [5, 5.41) is 2.86. The van der Waals surface area contributed by atoms with Crippen LogP contribution in [0.5, 0.6) is 5.75 Å². The summed E-state index contributed by atoms with van der Waals surface area (Å²) in [5.41, 5.74) is 6.90. The second kappa shape index (κ2) is 9.37. The number of benzene rings is 1. The fourth-order valence-electron chi connectivity index (χ4n) is 1.77. The van der Waals surface area contributed by atoms with Crippen molar-refractivity contribution >= 4 is 5.91 Å². The molecule has 118 valence electrons. The highest BCUT2D eigenvalue weighted by Gasteiger charge is 2.18. The Morgan fingerprint density at radius 3 is 2.52 bits per heavy atom. The molecule has 0 aliphatic heterocycles. The van der Waals surface area contributed by atoms with Gasteiger partial charge in [0.1, 0.15) is 12.4 Å². The Bertz CT molecular complexity index is 420. The maximum atomic E-state index is 11.9. The monoisotopic (exact) mass is 294 g/mol. The summed E-state index contributed by atoms with van der Waals surface area (Å²) in [6.07, 6.45) is 0.891. The average molecular weight is 294 g/mol. The molecule has 5 heteroatoms. The molecule has 0 radical (unpaired) electrons. The van der Waals surface area contributed by atoms with Gasteiger partial charge >= 0.3 is 0 Å². The Morgan fingerprint density at radius 2 is 1.95 bits per heavy atom. The van der Waals surface area contributed by atoms with E-state index in [1.54, 1.807) is 7.11 Å². The van der Waals surface area contributed by atoms with E-state index in [0.717, 1.165) is 17.7 Å². The number of carbonyl (C=O) groups excluding carboxylic acids is 1. The van der Waals surface area contributed by atoms with E-state index in [2.05, 4.69) is 5.32 Å². The first kappa shape index (κ1) is 17.5. The third kappa shape index (κ3) is 6.14. The largest absolute Gasteiger partial charge is 0.491 e. The first-order valence-electron chi connectivity index (χ1n) is 7.32. The zero-order valence-electron chi connectivity index (χ0n) is 13.1. The van der Waals surface area contributed by atoms with E-state index in [9.17, 15) is 4.79 Å². The number of nitrogens with two attached hydrogens (primary N) is 1. The molecule has 1 aromatic carbocycles. The van der Waals surface area contributed by atoms with Crippen LogP contribution in [0.25, 0.3) is 0 Å². The SMILES string of the molecule is CCC(C)C(N)C(=O)NCc1ccc(OCCOC)cc1. The summed E-state index contributed by atoms with van der Waals surface area (Å²) >= 11 is 0. The molecule has 0 fully saturated rings. The van der Waals surface area contributed by atoms with E-state index in [0.29, 0.717) is 19.8 Å². The van der Waals surface area contributed by atoms with Gasteiger partial charge in [0.05, 0.1) is 12.6 Å². The van der Waals surface area contributed by atoms with Gasteiger partial charge in [-0.2, -0.15) is 0 Å². The summed E-state index contributed by atoms with van der Waals surface area (Å²) in [6, 6.07) is 7.16. The Morgan fingerprint density at radius 1 is 1.29 bits per heavy atom. The molecule has 1 aromatic rings. The Balaban J connectivity index is 2.40. The van der Waals surface area contributed by atoms with Gasteiger partial charge in [-0.15, -0.1) is 0 Å². The van der Waals surface area contributed by atoms with Crippen LogP contribution >= 0.6 is 0 Å². The first-order chi connectivity index (χ1) is 10.1. The van der Waals surface area contributed by atoms with E-state index in [1.807, 2.05) is 38.1 Å². The maximum absolute atomic E-state index is 11.9. The van der Waals surface area contributed by atoms with E-state index in [-0.39, 0.29) is 11.8 Å². The zero-order chi connectivity index (χ0) is 15.7. The molecule has 21 heavy (non-hydrogen) atoms. The average Bonchev–Trinajstić information content (AvgIpc) is 2.52. The van der Waals surface area contributed by atoms with Crippen molar-refractivity contribution in [1.29, 1.82) is 0 Å². The zero-order valence-corrected chi connectivity index (χ0v) is 13.1. The minimum Gasteiger partial charge on any atom is -0.491 e. The molecular weight excluding hydrogens is 268 g/mol. The number of amides is 1. The van der Waals surface area contributed by atoms with Gasteiger partial charge in [-0.25, -0.2) is 0 Å². The normalized spacial score (nSPS) is 13.5. The van der Waals surface area contributed by atoms with Crippen molar-refractivity contribution in [2.45, 2.75) is 32.9 Å². The second-order valence-electron chi connectivity index (χ2n) is 5.11. The number of hydrogen-bond donors (Lipinski definition) is 2. The van der Waals surface area contributed by atoms with Gasteiger partial charge in [0.15, 0.2) is 0 Å². The molecule has 0 spiro atoms. The Kier molecular flexibility index (Phi) is 7.79. The standard InChI is InChI=1S/C16H26N2O3/c1-4-12(2)15(17)16(19)18-11-13-5-7-14(8-6-13)21-10-9-20-3/h5-8,12,15H,4,9-11,17H2,1-3H3,(H,18,19). The second-order valence-corrected chi connectivity index (χ2v) is 5.11. The number of rotatable bonds is 9. The fraction of sp³-hybridized carbons (Fsp3) is 0.562. The molecule has 0 saturated carbocycles. The van der Waals surface area contributed by atoms with Crippen molar-refractivity contribution in [2.75, 3.05) is 20.3 Å². The van der Waals surface area contributed by atoms with Crippen LogP contribution in [0.4, 0.5) is 0 Å². The molecule has 0 saturated heterocycles. The topological polar surface area (TPSA) is 73.6 Å². The predicted molar refractivity (Wildman–Crippen MR) is 83.1 cm³/mol. The lowest BCUT2D eigenvalue weighted by molar-refractivity contribution is -0.123. The molecule has 1 rings (SSSR count). The maximum Gasteiger partial charge on any atom is 0.237 e. The third-order valence-electron chi connectivity index (χ3n) is 3.51. The van der Waals surface area contributed by atoms with Crippen LogP contribution in [-0.4, -0.2) is 32.3 Å². The van der Waals surface area contributed by atoms with Crippen LogP contribution in [0.2, 0.25) is 0 Å². The van der Waals surface area contributed by atoms with Gasteiger partial charge < -0.3 is 20.5 Å². The minimum absolute atomic E-state index is 0.107. The van der Waals surface area contributed by atoms with Crippen LogP contribution in [0, 0.1) is 5.92 Å². The van der Waals surface area contributed by atoms with E-state index < -0.39 is 6.04 Å². The molecule has 0 aliphatic carbocycles. The van der Waals surface area contributed by atoms with Gasteiger partial charge in [0.2, 0.25) is 5.91 Å². The summed E-state index contributed by atoms with van der Waals surface area (Å²) in [5.74, 6) is 0.866. The molecular formula is C16H26N2O3. The van der Waals surface area contributed by atoms with Crippen molar-refractivity contribution in [3.8, 4) is 5.75 Å². The number of ether oxygens (including phenoxy) is 2. The highest BCUT2D eigenvalue weighted by Crippen LogP contribution is 2.12. The van der Waals surface area contributed by atoms with Crippen LogP contribution in [0.15, 0.2) is 24.3 Å². The summed E-state index contributed by atoms with van der Waals surface area (Å²) in [7, 11) is 1.64. The summed E-state index contributed by atoms with van der Waals surface area (Å²) < 4.78 is 10.4. The lowest BCUT2D eigenvalue weighted by Gasteiger charge is -2.17. The number of carbonyl (C=O) groups is 1. The van der Waals surface area contributed by atoms with Crippen LogP contribution in [0.1, 0.15) is 25.8 Å². The molecule has 0 heterocycles. The van der Waals surface area contributed by atoms with Gasteiger partial charge in [0, 0.05) is 13.7 Å². The molecule has 3 N–H and O–H groups in total. The predicted octanol–water partition coefficient (Wildman–Crippen LogP) is 1.70. The smallest absolute Gasteiger partial charge is 0.237 e. The van der Waals surface area contributed by atoms with Crippen LogP contribution < -0.4 is 15.8 Å². The van der Waals surface area contributed by atoms with E-state index >= 15 is 0 Å². The lowest BCUT2D eigenvalue weighted by atomic mass is 9.99. The van der Waals surface area contributed by atoms with Crippen molar-refractivity contribution in [2.24, 2.45) is 11.7 Å². The van der Waals surface area contributed by atoms with Crippen molar-refractivity contribution < 1.29 is 14.3 Å². The molecule has 0 aliphatic rings. The van der Waals surface area contributed by atoms with Gasteiger partial charge in [-0.1, -0.05) is 32.4 Å². The quantitative estimate of drug-likeness (QED) is 0.680. The van der Waals surface area contributed by atoms with Crippen molar-refractivity contribution in [3.63, 3.8) is 0 Å². The Labute approximate surface area is 126 Å². The minimum atomic E-state index is -0.452. The first-order valence-corrected chi connectivity index (χ1v) is 7.32. The molecule has 0 bridgehead atoms. The molecule has 0 aromatic heterocycles. The van der Waals surface area contributed by atoms with E-state index in [4.69, 9.17) is 15.2 Å².